The fraction of sp³-hybridized carbons (Fsp3) is 0.238. The third kappa shape index (κ3) is 5.01. The lowest BCUT2D eigenvalue weighted by Gasteiger charge is -2.11. The maximum absolute atomic E-state index is 13.3. The van der Waals surface area contributed by atoms with E-state index in [9.17, 15) is 22.4 Å². The van der Waals surface area contributed by atoms with E-state index >= 15 is 0 Å². The van der Waals surface area contributed by atoms with Crippen LogP contribution in [0.5, 0.6) is 0 Å². The van der Waals surface area contributed by atoms with Crippen LogP contribution in [-0.4, -0.2) is 15.7 Å². The maximum atomic E-state index is 13.3. The predicted molar refractivity (Wildman–Crippen MR) is 101 cm³/mol. The molecule has 0 bridgehead atoms. The Balaban J connectivity index is 1.60. The summed E-state index contributed by atoms with van der Waals surface area (Å²) in [6.07, 6.45) is -4.33. The maximum Gasteiger partial charge on any atom is 0.419 e. The van der Waals surface area contributed by atoms with Crippen LogP contribution in [0.1, 0.15) is 28.9 Å². The van der Waals surface area contributed by atoms with Crippen molar-refractivity contribution in [2.75, 3.05) is 5.32 Å². The van der Waals surface area contributed by atoms with E-state index in [-0.39, 0.29) is 12.1 Å². The number of hydrogen-bond acceptors (Lipinski definition) is 2. The Bertz CT molecular complexity index is 1020. The van der Waals surface area contributed by atoms with Crippen LogP contribution < -0.4 is 5.32 Å². The van der Waals surface area contributed by atoms with E-state index in [4.69, 9.17) is 0 Å². The summed E-state index contributed by atoms with van der Waals surface area (Å²) < 4.78 is 53.4. The number of hydrogen-bond donors (Lipinski definition) is 1. The van der Waals surface area contributed by atoms with Crippen molar-refractivity contribution < 1.29 is 22.4 Å². The molecule has 4 nitrogen and oxygen atoms in total. The van der Waals surface area contributed by atoms with Gasteiger partial charge in [0.05, 0.1) is 16.9 Å². The van der Waals surface area contributed by atoms with Crippen LogP contribution in [0, 0.1) is 19.7 Å². The summed E-state index contributed by atoms with van der Waals surface area (Å²) in [6, 6.07) is 11.9. The van der Waals surface area contributed by atoms with Crippen LogP contribution in [0.3, 0.4) is 0 Å². The number of halogens is 4. The third-order valence-electron chi connectivity index (χ3n) is 4.39. The lowest BCUT2D eigenvalue weighted by molar-refractivity contribution is -0.140. The van der Waals surface area contributed by atoms with Crippen molar-refractivity contribution in [1.82, 2.24) is 9.78 Å². The standard InChI is InChI=1S/C21H19F4N3O/c1-13-11-14(2)28(27-13)17-7-3-15(4-8-17)5-10-20(29)26-16-6-9-19(22)18(12-16)21(23,24)25/h3-4,6-9,11-12H,5,10H2,1-2H3,(H,26,29). The molecule has 1 aromatic heterocycles. The highest BCUT2D eigenvalue weighted by molar-refractivity contribution is 5.90. The first-order valence-electron chi connectivity index (χ1n) is 8.92. The van der Waals surface area contributed by atoms with Gasteiger partial charge in [0.2, 0.25) is 5.91 Å². The molecule has 0 aliphatic carbocycles. The molecule has 0 radical (unpaired) electrons. The average molecular weight is 405 g/mol. The molecule has 0 saturated heterocycles. The van der Waals surface area contributed by atoms with Crippen LogP contribution in [0.4, 0.5) is 23.2 Å². The minimum absolute atomic E-state index is 0.0813. The normalized spacial score (nSPS) is 11.5. The number of aryl methyl sites for hydroxylation is 3. The zero-order chi connectivity index (χ0) is 21.2. The summed E-state index contributed by atoms with van der Waals surface area (Å²) in [5.74, 6) is -1.83. The second-order valence-corrected chi connectivity index (χ2v) is 6.75. The number of carbonyl (C=O) groups excluding carboxylic acids is 1. The molecule has 0 atom stereocenters. The van der Waals surface area contributed by atoms with Crippen LogP contribution in [0.15, 0.2) is 48.5 Å². The first-order valence-corrected chi connectivity index (χ1v) is 8.92. The predicted octanol–water partition coefficient (Wildman–Crippen LogP) is 5.22. The Kier molecular flexibility index (Phi) is 5.72. The molecule has 1 heterocycles. The first kappa shape index (κ1) is 20.6. The minimum Gasteiger partial charge on any atom is -0.326 e. The molecule has 0 saturated carbocycles. The smallest absolute Gasteiger partial charge is 0.326 e. The lowest BCUT2D eigenvalue weighted by Crippen LogP contribution is -2.14. The fourth-order valence-corrected chi connectivity index (χ4v) is 3.00. The number of aromatic nitrogens is 2. The monoisotopic (exact) mass is 405 g/mol. The summed E-state index contributed by atoms with van der Waals surface area (Å²) >= 11 is 0. The van der Waals surface area contributed by atoms with Gasteiger partial charge >= 0.3 is 6.18 Å². The number of nitrogens with one attached hydrogen (secondary N) is 1. The van der Waals surface area contributed by atoms with E-state index in [0.29, 0.717) is 18.6 Å². The van der Waals surface area contributed by atoms with Gasteiger partial charge in [-0.25, -0.2) is 9.07 Å². The summed E-state index contributed by atoms with van der Waals surface area (Å²) in [4.78, 5) is 12.1. The summed E-state index contributed by atoms with van der Waals surface area (Å²) in [5.41, 5.74) is 2.22. The largest absolute Gasteiger partial charge is 0.419 e. The van der Waals surface area contributed by atoms with Gasteiger partial charge in [0.1, 0.15) is 5.82 Å². The van der Waals surface area contributed by atoms with Crippen molar-refractivity contribution in [3.8, 4) is 5.69 Å². The van der Waals surface area contributed by atoms with Gasteiger partial charge in [-0.05, 0) is 62.2 Å². The van der Waals surface area contributed by atoms with Gasteiger partial charge < -0.3 is 5.32 Å². The number of alkyl halides is 3. The number of rotatable bonds is 5. The van der Waals surface area contributed by atoms with Crippen molar-refractivity contribution >= 4 is 11.6 Å². The molecule has 29 heavy (non-hydrogen) atoms. The minimum atomic E-state index is -4.82. The summed E-state index contributed by atoms with van der Waals surface area (Å²) in [6.45, 7) is 3.87. The van der Waals surface area contributed by atoms with Crippen molar-refractivity contribution in [1.29, 1.82) is 0 Å². The molecular weight excluding hydrogens is 386 g/mol. The van der Waals surface area contributed by atoms with Gasteiger partial charge in [-0.15, -0.1) is 0 Å². The highest BCUT2D eigenvalue weighted by atomic mass is 19.4. The molecule has 152 valence electrons. The van der Waals surface area contributed by atoms with E-state index < -0.39 is 23.5 Å². The van der Waals surface area contributed by atoms with Crippen molar-refractivity contribution in [2.45, 2.75) is 32.9 Å². The van der Waals surface area contributed by atoms with E-state index in [1.165, 1.54) is 0 Å². The van der Waals surface area contributed by atoms with E-state index in [1.54, 1.807) is 0 Å². The zero-order valence-electron chi connectivity index (χ0n) is 15.8. The Morgan fingerprint density at radius 3 is 2.34 bits per heavy atom. The molecule has 1 amide bonds. The molecule has 1 N–H and O–H groups in total. The van der Waals surface area contributed by atoms with Gasteiger partial charge in [0.15, 0.2) is 0 Å². The topological polar surface area (TPSA) is 46.9 Å². The Labute approximate surface area is 165 Å². The van der Waals surface area contributed by atoms with Gasteiger partial charge in [-0.2, -0.15) is 18.3 Å². The average Bonchev–Trinajstić information content (AvgIpc) is 2.99. The molecule has 3 rings (SSSR count). The molecule has 0 unspecified atom stereocenters. The molecule has 2 aromatic carbocycles. The fourth-order valence-electron chi connectivity index (χ4n) is 3.00. The summed E-state index contributed by atoms with van der Waals surface area (Å²) in [7, 11) is 0. The second kappa shape index (κ2) is 8.06. The van der Waals surface area contributed by atoms with Crippen molar-refractivity contribution in [3.05, 3.63) is 76.9 Å². The number of carbonyl (C=O) groups is 1. The first-order chi connectivity index (χ1) is 13.6. The van der Waals surface area contributed by atoms with E-state index in [0.717, 1.165) is 28.7 Å². The molecule has 8 heteroatoms. The number of anilines is 1. The third-order valence-corrected chi connectivity index (χ3v) is 4.39. The van der Waals surface area contributed by atoms with Crippen LogP contribution in [-0.2, 0) is 17.4 Å². The highest BCUT2D eigenvalue weighted by Crippen LogP contribution is 2.33. The highest BCUT2D eigenvalue weighted by Gasteiger charge is 2.34. The molecule has 0 aliphatic rings. The van der Waals surface area contributed by atoms with Gasteiger partial charge in [0.25, 0.3) is 0 Å². The zero-order valence-corrected chi connectivity index (χ0v) is 15.8. The Morgan fingerprint density at radius 1 is 1.07 bits per heavy atom. The number of benzene rings is 2. The quantitative estimate of drug-likeness (QED) is 0.592. The van der Waals surface area contributed by atoms with Gasteiger partial charge in [-0.3, -0.25) is 4.79 Å². The van der Waals surface area contributed by atoms with Crippen molar-refractivity contribution in [3.63, 3.8) is 0 Å². The molecule has 0 spiro atoms. The number of nitrogens with zero attached hydrogens (tertiary/aromatic N) is 2. The van der Waals surface area contributed by atoms with Crippen LogP contribution in [0.2, 0.25) is 0 Å². The Hall–Kier alpha value is -3.16. The van der Waals surface area contributed by atoms with Crippen molar-refractivity contribution in [2.24, 2.45) is 0 Å². The molecule has 0 fully saturated rings. The molecule has 0 aliphatic heterocycles. The lowest BCUT2D eigenvalue weighted by atomic mass is 10.1. The van der Waals surface area contributed by atoms with E-state index in [1.807, 2.05) is 48.9 Å². The molecule has 3 aromatic rings. The Morgan fingerprint density at radius 2 is 1.76 bits per heavy atom. The van der Waals surface area contributed by atoms with Gasteiger partial charge in [0, 0.05) is 17.8 Å². The SMILES string of the molecule is Cc1cc(C)n(-c2ccc(CCC(=O)Nc3ccc(F)c(C(F)(F)F)c3)cc2)n1. The van der Waals surface area contributed by atoms with Crippen LogP contribution >= 0.6 is 0 Å². The summed E-state index contributed by atoms with van der Waals surface area (Å²) in [5, 5.41) is 6.79. The molecular formula is C21H19F4N3O. The van der Waals surface area contributed by atoms with E-state index in [2.05, 4.69) is 10.4 Å². The number of amides is 1. The van der Waals surface area contributed by atoms with Crippen LogP contribution in [0.25, 0.3) is 5.69 Å². The van der Waals surface area contributed by atoms with Gasteiger partial charge in [-0.1, -0.05) is 12.1 Å². The second-order valence-electron chi connectivity index (χ2n) is 6.75.